The lowest BCUT2D eigenvalue weighted by molar-refractivity contribution is 0.0630. The number of halogens is 1. The number of hydrogen-bond acceptors (Lipinski definition) is 1. The van der Waals surface area contributed by atoms with E-state index in [1.165, 1.54) is 3.57 Å². The van der Waals surface area contributed by atoms with E-state index in [4.69, 9.17) is 0 Å². The van der Waals surface area contributed by atoms with E-state index in [9.17, 15) is 4.79 Å². The standard InChI is InChI=1S/C14H18INO/c1-14(2)7-9-16(10-8-14)13(17)11-3-5-12(15)6-4-11/h3-6H,7-10H2,1-2H3. The van der Waals surface area contributed by atoms with Gasteiger partial charge in [0, 0.05) is 22.2 Å². The predicted octanol–water partition coefficient (Wildman–Crippen LogP) is 3.55. The van der Waals surface area contributed by atoms with E-state index in [-0.39, 0.29) is 5.91 Å². The van der Waals surface area contributed by atoms with Crippen molar-refractivity contribution in [3.63, 3.8) is 0 Å². The van der Waals surface area contributed by atoms with Crippen LogP contribution in [-0.4, -0.2) is 23.9 Å². The molecule has 1 fully saturated rings. The van der Waals surface area contributed by atoms with Crippen molar-refractivity contribution in [1.82, 2.24) is 4.90 Å². The van der Waals surface area contributed by atoms with Gasteiger partial charge in [0.15, 0.2) is 0 Å². The fraction of sp³-hybridized carbons (Fsp3) is 0.500. The lowest BCUT2D eigenvalue weighted by Crippen LogP contribution is -2.41. The minimum atomic E-state index is 0.178. The maximum absolute atomic E-state index is 12.2. The number of piperidine rings is 1. The Bertz CT molecular complexity index is 401. The maximum atomic E-state index is 12.2. The Labute approximate surface area is 117 Å². The third-order valence-electron chi connectivity index (χ3n) is 3.50. The van der Waals surface area contributed by atoms with Crippen molar-refractivity contribution < 1.29 is 4.79 Å². The molecule has 92 valence electrons. The third kappa shape index (κ3) is 3.21. The quantitative estimate of drug-likeness (QED) is 0.714. The van der Waals surface area contributed by atoms with Gasteiger partial charge in [-0.2, -0.15) is 0 Å². The van der Waals surface area contributed by atoms with Crippen LogP contribution >= 0.6 is 22.6 Å². The number of hydrogen-bond donors (Lipinski definition) is 0. The molecule has 1 aliphatic rings. The number of benzene rings is 1. The van der Waals surface area contributed by atoms with E-state index in [0.29, 0.717) is 5.41 Å². The Morgan fingerprint density at radius 3 is 2.24 bits per heavy atom. The van der Waals surface area contributed by atoms with Gasteiger partial charge in [-0.25, -0.2) is 0 Å². The molecule has 2 nitrogen and oxygen atoms in total. The smallest absolute Gasteiger partial charge is 0.253 e. The first-order valence-electron chi connectivity index (χ1n) is 6.03. The second-order valence-electron chi connectivity index (χ2n) is 5.46. The summed E-state index contributed by atoms with van der Waals surface area (Å²) in [4.78, 5) is 14.2. The molecule has 3 heteroatoms. The van der Waals surface area contributed by atoms with E-state index in [1.54, 1.807) is 0 Å². The van der Waals surface area contributed by atoms with Gasteiger partial charge < -0.3 is 4.90 Å². The fourth-order valence-electron chi connectivity index (χ4n) is 2.09. The van der Waals surface area contributed by atoms with Crippen LogP contribution in [0.15, 0.2) is 24.3 Å². The normalized spacial score (nSPS) is 19.1. The predicted molar refractivity (Wildman–Crippen MR) is 78.1 cm³/mol. The molecule has 1 aliphatic heterocycles. The van der Waals surface area contributed by atoms with E-state index in [1.807, 2.05) is 29.2 Å². The van der Waals surface area contributed by atoms with Crippen molar-refractivity contribution in [3.8, 4) is 0 Å². The summed E-state index contributed by atoms with van der Waals surface area (Å²) in [5.74, 6) is 0.178. The molecular weight excluding hydrogens is 325 g/mol. The van der Waals surface area contributed by atoms with Crippen LogP contribution in [0, 0.1) is 8.99 Å². The zero-order valence-corrected chi connectivity index (χ0v) is 12.5. The van der Waals surface area contributed by atoms with Crippen molar-refractivity contribution in [2.75, 3.05) is 13.1 Å². The highest BCUT2D eigenvalue weighted by atomic mass is 127. The minimum Gasteiger partial charge on any atom is -0.339 e. The second-order valence-corrected chi connectivity index (χ2v) is 6.71. The first kappa shape index (κ1) is 12.9. The Morgan fingerprint density at radius 1 is 1.18 bits per heavy atom. The molecule has 17 heavy (non-hydrogen) atoms. The molecule has 1 amide bonds. The fourth-order valence-corrected chi connectivity index (χ4v) is 2.45. The van der Waals surface area contributed by atoms with Crippen LogP contribution in [-0.2, 0) is 0 Å². The lowest BCUT2D eigenvalue weighted by atomic mass is 9.82. The summed E-state index contributed by atoms with van der Waals surface area (Å²) < 4.78 is 1.17. The number of rotatable bonds is 1. The van der Waals surface area contributed by atoms with Gasteiger partial charge in [-0.1, -0.05) is 13.8 Å². The molecule has 0 radical (unpaired) electrons. The van der Waals surface area contributed by atoms with Crippen LogP contribution in [0.25, 0.3) is 0 Å². The summed E-state index contributed by atoms with van der Waals surface area (Å²) in [6.07, 6.45) is 2.20. The van der Waals surface area contributed by atoms with Gasteiger partial charge in [-0.05, 0) is 65.1 Å². The van der Waals surface area contributed by atoms with Gasteiger partial charge in [0.25, 0.3) is 5.91 Å². The summed E-state index contributed by atoms with van der Waals surface area (Å²) in [5, 5.41) is 0. The second kappa shape index (κ2) is 4.96. The van der Waals surface area contributed by atoms with E-state index in [2.05, 4.69) is 36.4 Å². The molecule has 0 bridgehead atoms. The molecule has 0 unspecified atom stereocenters. The molecule has 0 aliphatic carbocycles. The van der Waals surface area contributed by atoms with Gasteiger partial charge in [0.05, 0.1) is 0 Å². The summed E-state index contributed by atoms with van der Waals surface area (Å²) in [6.45, 7) is 6.33. The molecule has 2 rings (SSSR count). The van der Waals surface area contributed by atoms with Crippen LogP contribution in [0.1, 0.15) is 37.0 Å². The van der Waals surface area contributed by atoms with Gasteiger partial charge in [-0.3, -0.25) is 4.79 Å². The molecule has 0 spiro atoms. The van der Waals surface area contributed by atoms with Crippen LogP contribution in [0.4, 0.5) is 0 Å². The highest BCUT2D eigenvalue weighted by Gasteiger charge is 2.28. The average Bonchev–Trinajstić information content (AvgIpc) is 2.29. The van der Waals surface area contributed by atoms with Crippen molar-refractivity contribution in [2.45, 2.75) is 26.7 Å². The molecule has 0 N–H and O–H groups in total. The molecular formula is C14H18INO. The van der Waals surface area contributed by atoms with Gasteiger partial charge >= 0.3 is 0 Å². The number of likely N-dealkylation sites (tertiary alicyclic amines) is 1. The monoisotopic (exact) mass is 343 g/mol. The summed E-state index contributed by atoms with van der Waals surface area (Å²) in [7, 11) is 0. The van der Waals surface area contributed by atoms with Crippen LogP contribution in [0.5, 0.6) is 0 Å². The number of carbonyl (C=O) groups is 1. The summed E-state index contributed by atoms with van der Waals surface area (Å²) >= 11 is 2.25. The molecule has 1 aromatic carbocycles. The highest BCUT2D eigenvalue weighted by Crippen LogP contribution is 2.30. The molecule has 0 saturated carbocycles. The number of carbonyl (C=O) groups excluding carboxylic acids is 1. The lowest BCUT2D eigenvalue weighted by Gasteiger charge is -2.36. The summed E-state index contributed by atoms with van der Waals surface area (Å²) in [6, 6.07) is 7.82. The molecule has 1 saturated heterocycles. The maximum Gasteiger partial charge on any atom is 0.253 e. The molecule has 0 atom stereocenters. The van der Waals surface area contributed by atoms with Crippen LogP contribution < -0.4 is 0 Å². The third-order valence-corrected chi connectivity index (χ3v) is 4.21. The van der Waals surface area contributed by atoms with Crippen molar-refractivity contribution in [1.29, 1.82) is 0 Å². The highest BCUT2D eigenvalue weighted by molar-refractivity contribution is 14.1. The average molecular weight is 343 g/mol. The molecule has 1 aromatic rings. The summed E-state index contributed by atoms with van der Waals surface area (Å²) in [5.41, 5.74) is 1.20. The minimum absolute atomic E-state index is 0.178. The SMILES string of the molecule is CC1(C)CCN(C(=O)c2ccc(I)cc2)CC1. The van der Waals surface area contributed by atoms with E-state index >= 15 is 0 Å². The first-order chi connectivity index (χ1) is 7.98. The zero-order chi connectivity index (χ0) is 12.5. The van der Waals surface area contributed by atoms with Gasteiger partial charge in [0.1, 0.15) is 0 Å². The van der Waals surface area contributed by atoms with Crippen LogP contribution in [0.3, 0.4) is 0 Å². The zero-order valence-electron chi connectivity index (χ0n) is 10.4. The van der Waals surface area contributed by atoms with E-state index < -0.39 is 0 Å². The van der Waals surface area contributed by atoms with E-state index in [0.717, 1.165) is 31.5 Å². The Morgan fingerprint density at radius 2 is 1.71 bits per heavy atom. The number of nitrogens with zero attached hydrogens (tertiary/aromatic N) is 1. The topological polar surface area (TPSA) is 20.3 Å². The van der Waals surface area contributed by atoms with Crippen LogP contribution in [0.2, 0.25) is 0 Å². The van der Waals surface area contributed by atoms with Crippen molar-refractivity contribution in [2.24, 2.45) is 5.41 Å². The Kier molecular flexibility index (Phi) is 3.76. The van der Waals surface area contributed by atoms with Gasteiger partial charge in [0.2, 0.25) is 0 Å². The first-order valence-corrected chi connectivity index (χ1v) is 7.11. The Balaban J connectivity index is 2.04. The molecule has 1 heterocycles. The largest absolute Gasteiger partial charge is 0.339 e. The van der Waals surface area contributed by atoms with Crippen molar-refractivity contribution >= 4 is 28.5 Å². The molecule has 0 aromatic heterocycles. The van der Waals surface area contributed by atoms with Gasteiger partial charge in [-0.15, -0.1) is 0 Å². The van der Waals surface area contributed by atoms with Crippen molar-refractivity contribution in [3.05, 3.63) is 33.4 Å². The number of amides is 1. The Hall–Kier alpha value is -0.580.